The van der Waals surface area contributed by atoms with E-state index >= 15 is 0 Å². The number of nitrogens with zero attached hydrogens (tertiary/aromatic N) is 3. The Kier molecular flexibility index (Phi) is 7.66. The third-order valence-corrected chi connectivity index (χ3v) is 8.36. The Bertz CT molecular complexity index is 1720. The van der Waals surface area contributed by atoms with Gasteiger partial charge in [-0.05, 0) is 60.0 Å². The van der Waals surface area contributed by atoms with Crippen LogP contribution < -0.4 is 10.3 Å². The Morgan fingerprint density at radius 1 is 1.08 bits per heavy atom. The number of rotatable bonds is 8. The van der Waals surface area contributed by atoms with Gasteiger partial charge in [0.05, 0.1) is 23.0 Å². The van der Waals surface area contributed by atoms with Gasteiger partial charge in [-0.15, -0.1) is 5.10 Å². The summed E-state index contributed by atoms with van der Waals surface area (Å²) in [5, 5.41) is 15.4. The van der Waals surface area contributed by atoms with Crippen molar-refractivity contribution in [2.45, 2.75) is 29.3 Å². The molecule has 1 unspecified atom stereocenters. The number of benzene rings is 3. The van der Waals surface area contributed by atoms with Crippen molar-refractivity contribution < 1.29 is 36.2 Å². The van der Waals surface area contributed by atoms with Gasteiger partial charge in [0, 0.05) is 11.6 Å². The van der Waals surface area contributed by atoms with Crippen LogP contribution in [0.2, 0.25) is 5.02 Å². The van der Waals surface area contributed by atoms with Gasteiger partial charge in [0.25, 0.3) is 5.56 Å². The first kappa shape index (κ1) is 28.0. The summed E-state index contributed by atoms with van der Waals surface area (Å²) in [6.07, 6.45) is -5.87. The number of ether oxygens (including phenoxy) is 1. The van der Waals surface area contributed by atoms with E-state index in [2.05, 4.69) is 10.3 Å². The molecule has 4 aromatic rings. The van der Waals surface area contributed by atoms with Gasteiger partial charge in [0.2, 0.25) is 0 Å². The summed E-state index contributed by atoms with van der Waals surface area (Å²) in [6, 6.07) is 12.8. The second-order valence-corrected chi connectivity index (χ2v) is 10.9. The van der Waals surface area contributed by atoms with Crippen molar-refractivity contribution in [2.24, 2.45) is 0 Å². The molecule has 1 aromatic heterocycles. The Balaban J connectivity index is 1.72. The van der Waals surface area contributed by atoms with Crippen LogP contribution in [-0.2, 0) is 27.4 Å². The van der Waals surface area contributed by atoms with Crippen molar-refractivity contribution in [1.82, 2.24) is 15.0 Å². The van der Waals surface area contributed by atoms with Crippen LogP contribution in [0.25, 0.3) is 22.0 Å². The fraction of sp³-hybridized carbons (Fsp3) is 0.200. The Morgan fingerprint density at radius 2 is 1.74 bits per heavy atom. The first-order valence-electron chi connectivity index (χ1n) is 11.2. The lowest BCUT2D eigenvalue weighted by Gasteiger charge is -2.19. The van der Waals surface area contributed by atoms with Crippen molar-refractivity contribution in [3.05, 3.63) is 81.6 Å². The molecule has 0 saturated carbocycles. The summed E-state index contributed by atoms with van der Waals surface area (Å²) >= 11 is 5.83. The predicted octanol–water partition coefficient (Wildman–Crippen LogP) is 4.46. The molecule has 1 atom stereocenters. The lowest BCUT2D eigenvalue weighted by atomic mass is 10.0. The number of aliphatic carboxylic acids is 1. The summed E-state index contributed by atoms with van der Waals surface area (Å²) < 4.78 is 74.4. The SMILES string of the molecule is COc1ccc2nnn(CCC(C(=O)O)S(=O)(=O)c3ccc(-c4ccc(Cl)cc4)cc3C(F)(F)F)c(=O)c2c1. The number of sulfone groups is 1. The van der Waals surface area contributed by atoms with E-state index in [0.717, 1.165) is 16.8 Å². The number of alkyl halides is 3. The maximum Gasteiger partial charge on any atom is 0.417 e. The van der Waals surface area contributed by atoms with Gasteiger partial charge in [-0.2, -0.15) is 13.2 Å². The van der Waals surface area contributed by atoms with E-state index in [0.29, 0.717) is 22.4 Å². The van der Waals surface area contributed by atoms with Crippen molar-refractivity contribution in [2.75, 3.05) is 7.11 Å². The van der Waals surface area contributed by atoms with E-state index in [1.807, 2.05) is 0 Å². The average molecular weight is 582 g/mol. The molecule has 0 bridgehead atoms. The summed E-state index contributed by atoms with van der Waals surface area (Å²) in [4.78, 5) is 23.6. The summed E-state index contributed by atoms with van der Waals surface area (Å²) in [6.45, 7) is -0.542. The molecule has 204 valence electrons. The largest absolute Gasteiger partial charge is 0.497 e. The fourth-order valence-electron chi connectivity index (χ4n) is 3.95. The van der Waals surface area contributed by atoms with E-state index in [4.69, 9.17) is 16.3 Å². The van der Waals surface area contributed by atoms with Crippen molar-refractivity contribution >= 4 is 38.3 Å². The van der Waals surface area contributed by atoms with Gasteiger partial charge >= 0.3 is 12.1 Å². The first-order valence-corrected chi connectivity index (χ1v) is 13.1. The Labute approximate surface area is 224 Å². The van der Waals surface area contributed by atoms with E-state index in [1.165, 1.54) is 43.5 Å². The van der Waals surface area contributed by atoms with Gasteiger partial charge in [0.1, 0.15) is 11.3 Å². The monoisotopic (exact) mass is 581 g/mol. The number of aryl methyl sites for hydroxylation is 1. The number of hydrogen-bond acceptors (Lipinski definition) is 7. The highest BCUT2D eigenvalue weighted by Crippen LogP contribution is 2.38. The summed E-state index contributed by atoms with van der Waals surface area (Å²) in [5.41, 5.74) is -1.61. The molecule has 0 aliphatic carbocycles. The standard InChI is InChI=1S/C25H19ClF3N3O6S/c1-38-17-7-8-20-18(13-17)23(33)32(31-30-20)11-10-22(24(34)35)39(36,37)21-9-4-15(12-19(21)25(27,28)29)14-2-5-16(26)6-3-14/h2-9,12-13,22H,10-11H2,1H3,(H,34,35). The third kappa shape index (κ3) is 5.73. The topological polar surface area (TPSA) is 128 Å². The average Bonchev–Trinajstić information content (AvgIpc) is 2.89. The number of methoxy groups -OCH3 is 1. The molecule has 3 aromatic carbocycles. The van der Waals surface area contributed by atoms with Gasteiger partial charge in [-0.25, -0.2) is 13.1 Å². The molecule has 0 amide bonds. The third-order valence-electron chi connectivity index (χ3n) is 5.95. The second-order valence-electron chi connectivity index (χ2n) is 8.38. The van der Waals surface area contributed by atoms with Crippen molar-refractivity contribution in [3.63, 3.8) is 0 Å². The van der Waals surface area contributed by atoms with E-state index in [9.17, 15) is 36.3 Å². The number of carbonyl (C=O) groups is 1. The number of fused-ring (bicyclic) bond motifs is 1. The maximum absolute atomic E-state index is 14.0. The molecule has 0 saturated heterocycles. The quantitative estimate of drug-likeness (QED) is 0.323. The van der Waals surface area contributed by atoms with Crippen LogP contribution in [0.1, 0.15) is 12.0 Å². The van der Waals surface area contributed by atoms with Gasteiger partial charge in [0.15, 0.2) is 15.1 Å². The molecule has 0 aliphatic rings. The van der Waals surface area contributed by atoms with Crippen LogP contribution in [0.5, 0.6) is 5.75 Å². The number of aromatic nitrogens is 3. The zero-order chi connectivity index (χ0) is 28.5. The fourth-order valence-corrected chi connectivity index (χ4v) is 5.81. The molecule has 1 N–H and O–H groups in total. The normalized spacial score (nSPS) is 12.8. The number of halogens is 4. The zero-order valence-electron chi connectivity index (χ0n) is 20.0. The highest BCUT2D eigenvalue weighted by Gasteiger charge is 2.42. The van der Waals surface area contributed by atoms with Crippen LogP contribution in [0, 0.1) is 0 Å². The first-order chi connectivity index (χ1) is 18.3. The molecule has 0 fully saturated rings. The molecule has 39 heavy (non-hydrogen) atoms. The van der Waals surface area contributed by atoms with Crippen molar-refractivity contribution in [3.8, 4) is 16.9 Å². The van der Waals surface area contributed by atoms with Crippen LogP contribution in [-0.4, -0.2) is 46.8 Å². The van der Waals surface area contributed by atoms with E-state index in [1.54, 1.807) is 6.07 Å². The van der Waals surface area contributed by atoms with Crippen LogP contribution >= 0.6 is 11.6 Å². The maximum atomic E-state index is 14.0. The predicted molar refractivity (Wildman–Crippen MR) is 135 cm³/mol. The van der Waals surface area contributed by atoms with Crippen LogP contribution in [0.15, 0.2) is 70.4 Å². The van der Waals surface area contributed by atoms with Gasteiger partial charge in [-0.1, -0.05) is 35.0 Å². The highest BCUT2D eigenvalue weighted by atomic mass is 35.5. The summed E-state index contributed by atoms with van der Waals surface area (Å²) in [5.74, 6) is -1.54. The van der Waals surface area contributed by atoms with Crippen LogP contribution in [0.3, 0.4) is 0 Å². The lowest BCUT2D eigenvalue weighted by Crippen LogP contribution is -2.35. The molecule has 9 nitrogen and oxygen atoms in total. The second kappa shape index (κ2) is 10.7. The highest BCUT2D eigenvalue weighted by molar-refractivity contribution is 7.92. The minimum Gasteiger partial charge on any atom is -0.497 e. The number of carboxylic acid groups (broad SMARTS) is 1. The smallest absolute Gasteiger partial charge is 0.417 e. The summed E-state index contributed by atoms with van der Waals surface area (Å²) in [7, 11) is -3.70. The Morgan fingerprint density at radius 3 is 2.36 bits per heavy atom. The molecular weight excluding hydrogens is 563 g/mol. The minimum atomic E-state index is -5.12. The van der Waals surface area contributed by atoms with Gasteiger partial charge < -0.3 is 9.84 Å². The minimum absolute atomic E-state index is 0.0539. The van der Waals surface area contributed by atoms with E-state index < -0.39 is 56.2 Å². The molecule has 4 rings (SSSR count). The van der Waals surface area contributed by atoms with E-state index in [-0.39, 0.29) is 16.5 Å². The molecule has 14 heteroatoms. The molecule has 0 radical (unpaired) electrons. The van der Waals surface area contributed by atoms with Crippen molar-refractivity contribution in [1.29, 1.82) is 0 Å². The Hall–Kier alpha value is -3.97. The van der Waals surface area contributed by atoms with Gasteiger partial charge in [-0.3, -0.25) is 9.59 Å². The molecule has 0 spiro atoms. The lowest BCUT2D eigenvalue weighted by molar-refractivity contribution is -0.140. The zero-order valence-corrected chi connectivity index (χ0v) is 21.6. The number of hydrogen-bond donors (Lipinski definition) is 1. The molecule has 1 heterocycles. The van der Waals surface area contributed by atoms with Crippen LogP contribution in [0.4, 0.5) is 13.2 Å². The molecular formula is C25H19ClF3N3O6S. The molecule has 0 aliphatic heterocycles. The number of carboxylic acids is 1.